The Labute approximate surface area is 164 Å². The largest absolute Gasteiger partial charge is 1.00 e. The summed E-state index contributed by atoms with van der Waals surface area (Å²) in [5.74, 6) is -1.46. The van der Waals surface area contributed by atoms with Crippen molar-refractivity contribution in [2.45, 2.75) is 19.0 Å². The number of nitrogens with one attached hydrogen (secondary N) is 1. The van der Waals surface area contributed by atoms with E-state index in [1.54, 1.807) is 6.07 Å². The molecule has 0 bridgehead atoms. The maximum atomic E-state index is 12.6. The van der Waals surface area contributed by atoms with Crippen molar-refractivity contribution in [1.82, 2.24) is 0 Å². The van der Waals surface area contributed by atoms with Crippen molar-refractivity contribution in [2.75, 3.05) is 5.32 Å². The van der Waals surface area contributed by atoms with Gasteiger partial charge in [-0.1, -0.05) is 12.1 Å². The van der Waals surface area contributed by atoms with Gasteiger partial charge >= 0.3 is 41.7 Å². The monoisotopic (exact) mass is 359 g/mol. The average molecular weight is 359 g/mol. The molecule has 2 aromatic carbocycles. The fourth-order valence-corrected chi connectivity index (χ4v) is 2.68. The zero-order valence-electron chi connectivity index (χ0n) is 14.3. The third kappa shape index (κ3) is 4.05. The van der Waals surface area contributed by atoms with E-state index in [1.165, 1.54) is 18.2 Å². The number of benzene rings is 2. The summed E-state index contributed by atoms with van der Waals surface area (Å²) < 4.78 is 37.9. The van der Waals surface area contributed by atoms with E-state index in [2.05, 4.69) is 5.32 Å². The Kier molecular flexibility index (Phi) is 5.61. The third-order valence-electron chi connectivity index (χ3n) is 3.88. The molecule has 25 heavy (non-hydrogen) atoms. The number of fused-ring (bicyclic) bond motifs is 1. The maximum Gasteiger partial charge on any atom is 1.00 e. The third-order valence-corrected chi connectivity index (χ3v) is 3.88. The SMILES string of the molecule is O=C1CCc2cc(-c3ccc(C(F)(F)F)cc3)cc(C(=O)O)c2N1.[H-].[Na+]. The summed E-state index contributed by atoms with van der Waals surface area (Å²) in [4.78, 5) is 22.9. The van der Waals surface area contributed by atoms with Gasteiger partial charge in [0.2, 0.25) is 5.91 Å². The summed E-state index contributed by atoms with van der Waals surface area (Å²) >= 11 is 0. The molecule has 126 valence electrons. The van der Waals surface area contributed by atoms with Gasteiger partial charge in [-0.15, -0.1) is 0 Å². The number of carbonyl (C=O) groups excluding carboxylic acids is 1. The number of carbonyl (C=O) groups is 2. The van der Waals surface area contributed by atoms with Gasteiger partial charge in [0.05, 0.1) is 16.8 Å². The molecule has 1 heterocycles. The number of rotatable bonds is 2. The van der Waals surface area contributed by atoms with Gasteiger partial charge in [0.1, 0.15) is 0 Å². The Bertz CT molecular complexity index is 838. The van der Waals surface area contributed by atoms with E-state index in [-0.39, 0.29) is 54.6 Å². The van der Waals surface area contributed by atoms with Gasteiger partial charge < -0.3 is 11.8 Å². The molecule has 0 aromatic heterocycles. The van der Waals surface area contributed by atoms with Crippen molar-refractivity contribution < 1.29 is 58.9 Å². The minimum atomic E-state index is -4.43. The summed E-state index contributed by atoms with van der Waals surface area (Å²) in [6, 6.07) is 7.57. The van der Waals surface area contributed by atoms with E-state index in [9.17, 15) is 27.9 Å². The first-order valence-electron chi connectivity index (χ1n) is 7.13. The van der Waals surface area contributed by atoms with Gasteiger partial charge in [-0.2, -0.15) is 13.2 Å². The van der Waals surface area contributed by atoms with Crippen molar-refractivity contribution in [1.29, 1.82) is 0 Å². The number of halogens is 3. The molecule has 1 aliphatic heterocycles. The fourth-order valence-electron chi connectivity index (χ4n) is 2.68. The van der Waals surface area contributed by atoms with Gasteiger partial charge in [-0.05, 0) is 47.4 Å². The first-order valence-corrected chi connectivity index (χ1v) is 7.13. The molecule has 1 amide bonds. The van der Waals surface area contributed by atoms with Gasteiger partial charge in [-0.25, -0.2) is 4.79 Å². The fraction of sp³-hybridized carbons (Fsp3) is 0.176. The van der Waals surface area contributed by atoms with Gasteiger partial charge in [0.15, 0.2) is 0 Å². The van der Waals surface area contributed by atoms with E-state index in [0.717, 1.165) is 12.1 Å². The number of hydrogen-bond donors (Lipinski definition) is 2. The van der Waals surface area contributed by atoms with Gasteiger partial charge in [0, 0.05) is 6.42 Å². The minimum Gasteiger partial charge on any atom is -1.00 e. The molecule has 0 radical (unpaired) electrons. The second kappa shape index (κ2) is 7.19. The number of carboxylic acid groups (broad SMARTS) is 1. The molecule has 0 atom stereocenters. The van der Waals surface area contributed by atoms with Crippen molar-refractivity contribution >= 4 is 17.6 Å². The van der Waals surface area contributed by atoms with Crippen LogP contribution in [0.3, 0.4) is 0 Å². The van der Waals surface area contributed by atoms with E-state index in [4.69, 9.17) is 0 Å². The van der Waals surface area contributed by atoms with Crippen LogP contribution in [-0.2, 0) is 17.4 Å². The standard InChI is InChI=1S/C17H12F3NO3.Na.H/c18-17(19,20)12-4-1-9(2-5-12)11-7-10-3-6-14(22)21-15(10)13(8-11)16(23)24;;/h1-2,4-5,7-8H,3,6H2,(H,21,22)(H,23,24);;/q;+1;-1. The number of hydrogen-bond acceptors (Lipinski definition) is 2. The molecule has 0 unspecified atom stereocenters. The van der Waals surface area contributed by atoms with Crippen LogP contribution >= 0.6 is 0 Å². The molecule has 1 aliphatic rings. The zero-order valence-corrected chi connectivity index (χ0v) is 15.3. The van der Waals surface area contributed by atoms with Crippen LogP contribution in [0.25, 0.3) is 11.1 Å². The van der Waals surface area contributed by atoms with E-state index >= 15 is 0 Å². The second-order valence-corrected chi connectivity index (χ2v) is 5.49. The Morgan fingerprint density at radius 1 is 1.08 bits per heavy atom. The number of anilines is 1. The first kappa shape index (κ1) is 19.5. The Morgan fingerprint density at radius 3 is 2.28 bits per heavy atom. The number of carboxylic acids is 1. The summed E-state index contributed by atoms with van der Waals surface area (Å²) in [7, 11) is 0. The minimum absolute atomic E-state index is 0. The van der Waals surface area contributed by atoms with Crippen LogP contribution in [0.4, 0.5) is 18.9 Å². The predicted octanol–water partition coefficient (Wildman–Crippen LogP) is 1.07. The molecule has 3 rings (SSSR count). The van der Waals surface area contributed by atoms with Crippen molar-refractivity contribution in [3.8, 4) is 11.1 Å². The molecular formula is C17H13F3NNaO3. The molecule has 8 heteroatoms. The van der Waals surface area contributed by atoms with Crippen molar-refractivity contribution in [3.63, 3.8) is 0 Å². The van der Waals surface area contributed by atoms with Crippen LogP contribution in [0.5, 0.6) is 0 Å². The molecular weight excluding hydrogens is 346 g/mol. The van der Waals surface area contributed by atoms with E-state index < -0.39 is 17.7 Å². The van der Waals surface area contributed by atoms with Crippen LogP contribution in [0.1, 0.15) is 29.3 Å². The van der Waals surface area contributed by atoms with Crippen LogP contribution in [0.2, 0.25) is 0 Å². The topological polar surface area (TPSA) is 66.4 Å². The molecule has 2 aromatic rings. The number of aromatic carboxylic acids is 1. The first-order chi connectivity index (χ1) is 11.3. The van der Waals surface area contributed by atoms with Crippen molar-refractivity contribution in [2.24, 2.45) is 0 Å². The van der Waals surface area contributed by atoms with Crippen LogP contribution in [0.15, 0.2) is 36.4 Å². The summed E-state index contributed by atoms with van der Waals surface area (Å²) in [6.07, 6.45) is -3.80. The predicted molar refractivity (Wildman–Crippen MR) is 81.9 cm³/mol. The van der Waals surface area contributed by atoms with Gasteiger partial charge in [0.25, 0.3) is 0 Å². The Morgan fingerprint density at radius 2 is 1.72 bits per heavy atom. The average Bonchev–Trinajstić information content (AvgIpc) is 2.53. The maximum absolute atomic E-state index is 12.6. The van der Waals surface area contributed by atoms with Gasteiger partial charge in [-0.3, -0.25) is 4.79 Å². The summed E-state index contributed by atoms with van der Waals surface area (Å²) in [5.41, 5.74) is 1.05. The van der Waals surface area contributed by atoms with Crippen LogP contribution in [0, 0.1) is 0 Å². The van der Waals surface area contributed by atoms with Crippen molar-refractivity contribution in [3.05, 3.63) is 53.1 Å². The molecule has 0 aliphatic carbocycles. The normalized spacial score (nSPS) is 13.5. The Balaban J connectivity index is 0.00000169. The molecule has 0 spiro atoms. The summed E-state index contributed by atoms with van der Waals surface area (Å²) in [6.45, 7) is 0. The quantitative estimate of drug-likeness (QED) is 0.789. The number of amides is 1. The smallest absolute Gasteiger partial charge is 1.00 e. The molecule has 0 fully saturated rings. The Hall–Kier alpha value is -1.83. The summed E-state index contributed by atoms with van der Waals surface area (Å²) in [5, 5.41) is 11.9. The molecule has 0 saturated heterocycles. The zero-order chi connectivity index (χ0) is 17.5. The molecule has 2 N–H and O–H groups in total. The van der Waals surface area contributed by atoms with Crippen LogP contribution < -0.4 is 34.9 Å². The number of alkyl halides is 3. The van der Waals surface area contributed by atoms with E-state index in [0.29, 0.717) is 23.1 Å². The second-order valence-electron chi connectivity index (χ2n) is 5.49. The number of aryl methyl sites for hydroxylation is 1. The van der Waals surface area contributed by atoms with Crippen LogP contribution in [-0.4, -0.2) is 17.0 Å². The van der Waals surface area contributed by atoms with E-state index in [1.807, 2.05) is 0 Å². The molecule has 0 saturated carbocycles. The molecule has 4 nitrogen and oxygen atoms in total.